The average Bonchev–Trinajstić information content (AvgIpc) is 3.49. The normalized spacial score (nSPS) is 21.0. The fourth-order valence-corrected chi connectivity index (χ4v) is 5.44. The number of carbonyl (C=O) groups is 2. The number of pyridine rings is 1. The minimum atomic E-state index is 0.0962. The number of carbonyl (C=O) groups excluding carboxylic acids is 2. The molecular formula is C24H33N5O2. The standard InChI is InChI=1S/C24H33N5O2/c30-23(27-11-4-5-12-27)21-17-25-29-15-10-19(16-22(21)29)18-8-13-28(14-9-18)24(31)26-20-6-2-1-3-7-20/h10,15-18,20H,1-9,11-14H2,(H,26,31). The molecular weight excluding hydrogens is 390 g/mol. The van der Waals surface area contributed by atoms with E-state index >= 15 is 0 Å². The lowest BCUT2D eigenvalue weighted by Crippen LogP contribution is -2.48. The molecule has 2 aromatic rings. The number of hydrogen-bond donors (Lipinski definition) is 1. The maximum absolute atomic E-state index is 12.9. The molecule has 4 heterocycles. The Morgan fingerprint density at radius 2 is 1.65 bits per heavy atom. The second kappa shape index (κ2) is 8.89. The molecule has 1 aliphatic carbocycles. The van der Waals surface area contributed by atoms with Crippen molar-refractivity contribution in [2.45, 2.75) is 69.7 Å². The molecule has 3 aliphatic rings. The molecule has 2 saturated heterocycles. The van der Waals surface area contributed by atoms with E-state index in [-0.39, 0.29) is 11.9 Å². The fourth-order valence-electron chi connectivity index (χ4n) is 5.44. The molecule has 7 nitrogen and oxygen atoms in total. The number of fused-ring (bicyclic) bond motifs is 1. The van der Waals surface area contributed by atoms with Crippen molar-refractivity contribution in [1.29, 1.82) is 0 Å². The van der Waals surface area contributed by atoms with Crippen molar-refractivity contribution in [2.24, 2.45) is 0 Å². The Balaban J connectivity index is 1.23. The summed E-state index contributed by atoms with van der Waals surface area (Å²) < 4.78 is 1.81. The Morgan fingerprint density at radius 1 is 0.903 bits per heavy atom. The van der Waals surface area contributed by atoms with E-state index in [1.54, 1.807) is 10.7 Å². The van der Waals surface area contributed by atoms with Gasteiger partial charge in [0, 0.05) is 38.4 Å². The zero-order valence-electron chi connectivity index (χ0n) is 18.3. The number of piperidine rings is 1. The Kier molecular flexibility index (Phi) is 5.83. The molecule has 5 rings (SSSR count). The molecule has 7 heteroatoms. The van der Waals surface area contributed by atoms with Gasteiger partial charge < -0.3 is 15.1 Å². The third-order valence-corrected chi connectivity index (χ3v) is 7.36. The largest absolute Gasteiger partial charge is 0.339 e. The molecule has 0 bridgehead atoms. The van der Waals surface area contributed by atoms with Crippen molar-refractivity contribution in [3.05, 3.63) is 35.7 Å². The number of urea groups is 1. The van der Waals surface area contributed by atoms with Crippen LogP contribution in [0.15, 0.2) is 24.5 Å². The van der Waals surface area contributed by atoms with Gasteiger partial charge in [-0.15, -0.1) is 0 Å². The van der Waals surface area contributed by atoms with Gasteiger partial charge in [0.05, 0.1) is 17.3 Å². The summed E-state index contributed by atoms with van der Waals surface area (Å²) in [6.45, 7) is 3.26. The van der Waals surface area contributed by atoms with Crippen molar-refractivity contribution in [1.82, 2.24) is 24.7 Å². The first-order valence-electron chi connectivity index (χ1n) is 12.0. The zero-order valence-corrected chi connectivity index (χ0v) is 18.3. The molecule has 3 fully saturated rings. The maximum atomic E-state index is 12.9. The van der Waals surface area contributed by atoms with Gasteiger partial charge in [-0.05, 0) is 62.1 Å². The van der Waals surface area contributed by atoms with Crippen LogP contribution in [0, 0.1) is 0 Å². The maximum Gasteiger partial charge on any atom is 0.317 e. The molecule has 2 aliphatic heterocycles. The van der Waals surface area contributed by atoms with E-state index in [1.807, 2.05) is 16.0 Å². The predicted molar refractivity (Wildman–Crippen MR) is 119 cm³/mol. The molecule has 0 unspecified atom stereocenters. The molecule has 0 radical (unpaired) electrons. The van der Waals surface area contributed by atoms with E-state index in [0.29, 0.717) is 17.5 Å². The molecule has 1 N–H and O–H groups in total. The highest BCUT2D eigenvalue weighted by Gasteiger charge is 2.27. The third kappa shape index (κ3) is 4.27. The Hall–Kier alpha value is -2.57. The quantitative estimate of drug-likeness (QED) is 0.817. The zero-order chi connectivity index (χ0) is 21.2. The van der Waals surface area contributed by atoms with Crippen molar-refractivity contribution in [3.8, 4) is 0 Å². The van der Waals surface area contributed by atoms with Crippen LogP contribution in [-0.2, 0) is 0 Å². The van der Waals surface area contributed by atoms with Crippen LogP contribution in [-0.4, -0.2) is 63.6 Å². The molecule has 0 atom stereocenters. The van der Waals surface area contributed by atoms with Crippen molar-refractivity contribution in [3.63, 3.8) is 0 Å². The van der Waals surface area contributed by atoms with Gasteiger partial charge in [0.25, 0.3) is 5.91 Å². The second-order valence-corrected chi connectivity index (χ2v) is 9.39. The van der Waals surface area contributed by atoms with E-state index in [1.165, 1.54) is 24.8 Å². The van der Waals surface area contributed by atoms with Gasteiger partial charge in [-0.1, -0.05) is 19.3 Å². The minimum Gasteiger partial charge on any atom is -0.339 e. The fraction of sp³-hybridized carbons (Fsp3) is 0.625. The SMILES string of the molecule is O=C(NC1CCCCC1)N1CCC(c2ccn3ncc(C(=O)N4CCCC4)c3c2)CC1. The smallest absolute Gasteiger partial charge is 0.317 e. The molecule has 2 aromatic heterocycles. The molecule has 0 spiro atoms. The summed E-state index contributed by atoms with van der Waals surface area (Å²) in [5.74, 6) is 0.507. The van der Waals surface area contributed by atoms with Gasteiger partial charge in [-0.2, -0.15) is 5.10 Å². The highest BCUT2D eigenvalue weighted by molar-refractivity contribution is 6.00. The van der Waals surface area contributed by atoms with E-state index in [9.17, 15) is 9.59 Å². The number of amides is 3. The van der Waals surface area contributed by atoms with Gasteiger partial charge in [0.2, 0.25) is 0 Å². The highest BCUT2D eigenvalue weighted by atomic mass is 16.2. The highest BCUT2D eigenvalue weighted by Crippen LogP contribution is 2.30. The molecule has 1 saturated carbocycles. The number of nitrogens with zero attached hydrogens (tertiary/aromatic N) is 4. The topological polar surface area (TPSA) is 70.0 Å². The van der Waals surface area contributed by atoms with Crippen LogP contribution >= 0.6 is 0 Å². The van der Waals surface area contributed by atoms with Crippen LogP contribution in [0.4, 0.5) is 4.79 Å². The summed E-state index contributed by atoms with van der Waals surface area (Å²) in [7, 11) is 0. The number of aromatic nitrogens is 2. The number of rotatable bonds is 3. The first-order chi connectivity index (χ1) is 15.2. The predicted octanol–water partition coefficient (Wildman–Crippen LogP) is 3.79. The summed E-state index contributed by atoms with van der Waals surface area (Å²) in [6.07, 6.45) is 13.7. The van der Waals surface area contributed by atoms with Gasteiger partial charge >= 0.3 is 6.03 Å². The summed E-state index contributed by atoms with van der Waals surface area (Å²) in [5.41, 5.74) is 2.84. The van der Waals surface area contributed by atoms with Gasteiger partial charge in [0.1, 0.15) is 0 Å². The van der Waals surface area contributed by atoms with Gasteiger partial charge in [-0.25, -0.2) is 9.31 Å². The first kappa shape index (κ1) is 20.3. The summed E-state index contributed by atoms with van der Waals surface area (Å²) in [5, 5.41) is 7.64. The lowest BCUT2D eigenvalue weighted by Gasteiger charge is -2.34. The molecule has 166 valence electrons. The Bertz CT molecular complexity index is 935. The second-order valence-electron chi connectivity index (χ2n) is 9.39. The van der Waals surface area contributed by atoms with Crippen LogP contribution in [0.2, 0.25) is 0 Å². The third-order valence-electron chi connectivity index (χ3n) is 7.36. The Labute approximate surface area is 183 Å². The monoisotopic (exact) mass is 423 g/mol. The van der Waals surface area contributed by atoms with E-state index < -0.39 is 0 Å². The Morgan fingerprint density at radius 3 is 2.39 bits per heavy atom. The van der Waals surface area contributed by atoms with Crippen LogP contribution < -0.4 is 5.32 Å². The van der Waals surface area contributed by atoms with Crippen LogP contribution in [0.25, 0.3) is 5.52 Å². The first-order valence-corrected chi connectivity index (χ1v) is 12.0. The van der Waals surface area contributed by atoms with Crippen molar-refractivity contribution < 1.29 is 9.59 Å². The number of nitrogens with one attached hydrogen (secondary N) is 1. The molecule has 31 heavy (non-hydrogen) atoms. The molecule has 3 amide bonds. The molecule has 0 aromatic carbocycles. The van der Waals surface area contributed by atoms with E-state index in [0.717, 1.165) is 70.2 Å². The van der Waals surface area contributed by atoms with Gasteiger partial charge in [-0.3, -0.25) is 4.79 Å². The minimum absolute atomic E-state index is 0.0962. The van der Waals surface area contributed by atoms with E-state index in [4.69, 9.17) is 0 Å². The number of likely N-dealkylation sites (tertiary alicyclic amines) is 2. The van der Waals surface area contributed by atoms with Crippen LogP contribution in [0.3, 0.4) is 0 Å². The summed E-state index contributed by atoms with van der Waals surface area (Å²) >= 11 is 0. The van der Waals surface area contributed by atoms with Crippen molar-refractivity contribution >= 4 is 17.5 Å². The average molecular weight is 424 g/mol. The van der Waals surface area contributed by atoms with Gasteiger partial charge in [0.15, 0.2) is 0 Å². The lowest BCUT2D eigenvalue weighted by atomic mass is 9.89. The van der Waals surface area contributed by atoms with Crippen LogP contribution in [0.5, 0.6) is 0 Å². The summed E-state index contributed by atoms with van der Waals surface area (Å²) in [6, 6.07) is 4.72. The van der Waals surface area contributed by atoms with E-state index in [2.05, 4.69) is 22.5 Å². The van der Waals surface area contributed by atoms with Crippen LogP contribution in [0.1, 0.15) is 79.6 Å². The summed E-state index contributed by atoms with van der Waals surface area (Å²) in [4.78, 5) is 29.5. The lowest BCUT2D eigenvalue weighted by molar-refractivity contribution is 0.0794. The van der Waals surface area contributed by atoms with Crippen molar-refractivity contribution in [2.75, 3.05) is 26.2 Å². The number of hydrogen-bond acceptors (Lipinski definition) is 3.